The molecule has 610 valence electrons. The molecule has 3 aliphatic heterocycles. The van der Waals surface area contributed by atoms with Crippen LogP contribution in [-0.2, 0) is 73.6 Å². The predicted molar refractivity (Wildman–Crippen MR) is 428 cm³/mol. The maximum Gasteiger partial charge on any atom is 0.410 e. The number of primary amides is 1. The number of carbonyl (C=O) groups is 12. The first-order valence-electron chi connectivity index (χ1n) is 38.8. The summed E-state index contributed by atoms with van der Waals surface area (Å²) in [6.45, 7) is 18.5. The van der Waals surface area contributed by atoms with Crippen molar-refractivity contribution in [3.05, 3.63) is 136 Å². The smallest absolute Gasteiger partial charge is 0.410 e. The topological polar surface area (TPSA) is 355 Å². The summed E-state index contributed by atoms with van der Waals surface area (Å²) in [7, 11) is 6.08. The van der Waals surface area contributed by atoms with Crippen molar-refractivity contribution >= 4 is 100 Å². The van der Waals surface area contributed by atoms with Crippen molar-refractivity contribution in [1.82, 2.24) is 45.8 Å². The SMILES string of the molecule is CC[C@H](C)[C@@H]([C@@H](CC(=O)N1CCC[C@H]1[C@H](OC)[C@@H](C)C(=O)N[C@H](C)[C@@H](O)c1ccccc1)OC)N(C)C(=O)[C@@H](NC(=O)[C@H](C(C)C)N(C)C(=O)OCc1ccc(NC(=O)[C@@H](NC(=O)[C@@H]2CCCN2C(=O)[C@H](CC(N)=O)NC(=O)CCCCCN2C(=O)C(Sc3ccccc3)=C(Sc3ccccc3)C2=O)C(C)C)cc1)C(C)C. The molecule has 0 aromatic heterocycles. The van der Waals surface area contributed by atoms with Crippen molar-refractivity contribution in [2.45, 2.75) is 223 Å². The van der Waals surface area contributed by atoms with Gasteiger partial charge >= 0.3 is 6.09 Å². The third-order valence-corrected chi connectivity index (χ3v) is 23.4. The molecule has 2 fully saturated rings. The van der Waals surface area contributed by atoms with Crippen LogP contribution in [0.4, 0.5) is 10.5 Å². The van der Waals surface area contributed by atoms with E-state index in [0.717, 1.165) is 9.79 Å². The van der Waals surface area contributed by atoms with Crippen LogP contribution >= 0.6 is 23.5 Å². The number of rotatable bonds is 41. The first kappa shape index (κ1) is 90.0. The lowest BCUT2D eigenvalue weighted by molar-refractivity contribution is -0.148. The van der Waals surface area contributed by atoms with Gasteiger partial charge in [-0.05, 0) is 117 Å². The zero-order chi connectivity index (χ0) is 82.2. The highest BCUT2D eigenvalue weighted by Crippen LogP contribution is 2.43. The second-order valence-electron chi connectivity index (χ2n) is 30.3. The predicted octanol–water partition coefficient (Wildman–Crippen LogP) is 8.73. The fourth-order valence-electron chi connectivity index (χ4n) is 14.7. The number of imide groups is 1. The molecule has 4 aromatic carbocycles. The summed E-state index contributed by atoms with van der Waals surface area (Å²) in [5.74, 6) is -7.85. The second kappa shape index (κ2) is 43.2. The second-order valence-corrected chi connectivity index (χ2v) is 32.5. The molecular weight excluding hydrogens is 1470 g/mol. The average Bonchev–Trinajstić information content (AvgIpc) is 1.28. The number of likely N-dealkylation sites (N-methyl/N-ethyl adjacent to an activating group) is 2. The number of thioether (sulfide) groups is 2. The van der Waals surface area contributed by atoms with E-state index in [1.54, 1.807) is 109 Å². The number of carbonyl (C=O) groups excluding carboxylic acids is 12. The molecule has 7 rings (SSSR count). The van der Waals surface area contributed by atoms with Crippen molar-refractivity contribution in [3.63, 3.8) is 0 Å². The number of methoxy groups -OCH3 is 2. The molecule has 0 radical (unpaired) electrons. The number of hydrogen-bond donors (Lipinski definition) is 7. The molecule has 12 amide bonds. The Morgan fingerprint density at radius 3 is 1.74 bits per heavy atom. The van der Waals surface area contributed by atoms with E-state index >= 15 is 0 Å². The largest absolute Gasteiger partial charge is 0.445 e. The number of aliphatic hydroxyl groups is 1. The van der Waals surface area contributed by atoms with E-state index in [4.69, 9.17) is 19.9 Å². The van der Waals surface area contributed by atoms with E-state index in [1.807, 2.05) is 92.7 Å². The van der Waals surface area contributed by atoms with Gasteiger partial charge in [-0.25, -0.2) is 4.79 Å². The number of nitrogens with one attached hydrogen (secondary N) is 5. The molecule has 0 saturated carbocycles. The highest BCUT2D eigenvalue weighted by Gasteiger charge is 2.46. The number of nitrogens with zero attached hydrogens (tertiary/aromatic N) is 5. The van der Waals surface area contributed by atoms with Crippen molar-refractivity contribution < 1.29 is 76.9 Å². The molecule has 2 saturated heterocycles. The molecule has 4 aromatic rings. The highest BCUT2D eigenvalue weighted by molar-refractivity contribution is 8.08. The molecule has 3 aliphatic rings. The van der Waals surface area contributed by atoms with Crippen LogP contribution in [0.15, 0.2) is 135 Å². The molecule has 29 heteroatoms. The van der Waals surface area contributed by atoms with Crippen molar-refractivity contribution in [2.75, 3.05) is 53.3 Å². The molecule has 0 bridgehead atoms. The highest BCUT2D eigenvalue weighted by atomic mass is 32.2. The summed E-state index contributed by atoms with van der Waals surface area (Å²) in [5, 5.41) is 25.2. The molecule has 3 heterocycles. The van der Waals surface area contributed by atoms with Gasteiger partial charge in [-0.1, -0.05) is 178 Å². The van der Waals surface area contributed by atoms with E-state index < -0.39 is 156 Å². The summed E-state index contributed by atoms with van der Waals surface area (Å²) in [6, 6.07) is 26.8. The molecule has 0 spiro atoms. The number of ether oxygens (including phenoxy) is 3. The number of nitrogens with two attached hydrogens (primary N) is 1. The van der Waals surface area contributed by atoms with Gasteiger partial charge in [0, 0.05) is 69.8 Å². The Labute approximate surface area is 667 Å². The van der Waals surface area contributed by atoms with Crippen LogP contribution in [-0.4, -0.2) is 209 Å². The fraction of sp³-hybridized carbons (Fsp3) is 0.542. The molecule has 13 atom stereocenters. The maximum atomic E-state index is 14.9. The van der Waals surface area contributed by atoms with Gasteiger partial charge < -0.3 is 66.3 Å². The molecule has 0 unspecified atom stereocenters. The van der Waals surface area contributed by atoms with E-state index in [9.17, 15) is 62.6 Å². The lowest BCUT2D eigenvalue weighted by Gasteiger charge is -2.41. The summed E-state index contributed by atoms with van der Waals surface area (Å²) in [6.07, 6.45) is -0.216. The summed E-state index contributed by atoms with van der Waals surface area (Å²) in [5.41, 5.74) is 7.13. The number of anilines is 1. The number of hydrogen-bond acceptors (Lipinski definition) is 18. The van der Waals surface area contributed by atoms with Crippen molar-refractivity contribution in [2.24, 2.45) is 35.3 Å². The number of likely N-dealkylation sites (tertiary alicyclic amines) is 2. The monoisotopic (exact) mass is 1590 g/mol. The van der Waals surface area contributed by atoms with Gasteiger partial charge in [0.1, 0.15) is 36.8 Å². The van der Waals surface area contributed by atoms with Crippen LogP contribution in [0.25, 0.3) is 0 Å². The fourth-order valence-corrected chi connectivity index (χ4v) is 16.7. The Morgan fingerprint density at radius 2 is 1.20 bits per heavy atom. The Kier molecular flexibility index (Phi) is 34.7. The van der Waals surface area contributed by atoms with Gasteiger partial charge in [0.15, 0.2) is 0 Å². The average molecular weight is 1590 g/mol. The van der Waals surface area contributed by atoms with Crippen LogP contribution in [0.1, 0.15) is 157 Å². The third-order valence-electron chi connectivity index (χ3n) is 21.1. The van der Waals surface area contributed by atoms with Gasteiger partial charge in [-0.2, -0.15) is 0 Å². The molecule has 0 aliphatic carbocycles. The first-order valence-corrected chi connectivity index (χ1v) is 40.4. The van der Waals surface area contributed by atoms with E-state index in [2.05, 4.69) is 26.6 Å². The van der Waals surface area contributed by atoms with Crippen LogP contribution in [0.3, 0.4) is 0 Å². The minimum Gasteiger partial charge on any atom is -0.445 e. The Hall–Kier alpha value is -9.16. The van der Waals surface area contributed by atoms with E-state index in [0.29, 0.717) is 78.1 Å². The number of benzene rings is 4. The Balaban J connectivity index is 0.884. The summed E-state index contributed by atoms with van der Waals surface area (Å²) < 4.78 is 17.8. The summed E-state index contributed by atoms with van der Waals surface area (Å²) in [4.78, 5) is 176. The Morgan fingerprint density at radius 1 is 0.625 bits per heavy atom. The van der Waals surface area contributed by atoms with Crippen molar-refractivity contribution in [1.29, 1.82) is 0 Å². The van der Waals surface area contributed by atoms with Gasteiger partial charge in [0.05, 0.1) is 65.0 Å². The molecular formula is C83H115N11O16S2. The quantitative estimate of drug-likeness (QED) is 0.0161. The van der Waals surface area contributed by atoms with E-state index in [1.165, 1.54) is 59.5 Å². The minimum absolute atomic E-state index is 0.0505. The zero-order valence-electron chi connectivity index (χ0n) is 67.0. The Bertz CT molecular complexity index is 3850. The lowest BCUT2D eigenvalue weighted by Crippen LogP contribution is -2.60. The normalized spacial score (nSPS) is 18.0. The minimum atomic E-state index is -1.38. The van der Waals surface area contributed by atoms with Gasteiger partial charge in [-0.15, -0.1) is 0 Å². The molecule has 112 heavy (non-hydrogen) atoms. The lowest BCUT2D eigenvalue weighted by atomic mass is 9.89. The number of unbranched alkanes of at least 4 members (excludes halogenated alkanes) is 2. The van der Waals surface area contributed by atoms with Crippen LogP contribution < -0.4 is 32.3 Å². The van der Waals surface area contributed by atoms with E-state index in [-0.39, 0.29) is 56.7 Å². The third kappa shape index (κ3) is 24.2. The molecule has 27 nitrogen and oxygen atoms in total. The van der Waals surface area contributed by atoms with Crippen LogP contribution in [0.5, 0.6) is 0 Å². The summed E-state index contributed by atoms with van der Waals surface area (Å²) >= 11 is 2.47. The van der Waals surface area contributed by atoms with Gasteiger partial charge in [0.2, 0.25) is 53.2 Å². The maximum absolute atomic E-state index is 14.9. The number of aliphatic hydroxyl groups excluding tert-OH is 1. The van der Waals surface area contributed by atoms with Crippen LogP contribution in [0, 0.1) is 29.6 Å². The number of amides is 12. The molecule has 8 N–H and O–H groups in total. The zero-order valence-corrected chi connectivity index (χ0v) is 68.6. The van der Waals surface area contributed by atoms with Gasteiger partial charge in [0.25, 0.3) is 11.8 Å². The van der Waals surface area contributed by atoms with Crippen molar-refractivity contribution in [3.8, 4) is 0 Å². The van der Waals surface area contributed by atoms with Crippen LogP contribution in [0.2, 0.25) is 0 Å². The standard InChI is InChI=1S/C83H115N11O16S2/c1-15-52(8)70(63(108-13)47-66(97)92-44-28-36-61(92)72(109-14)53(9)75(99)85-54(10)71(98)56-30-20-16-21-31-56)90(11)80(104)68(50(4)5)89-78(102)69(51(6)7)91(12)83(107)110-48-55-39-41-57(42-40-55)86-77(101)67(49(2)3)88-76(100)62-37-29-45-93(62)79(103)60(46-64(84)95)87-65(96)38-26-19-27-43-94-81(105)73(111-58-32-22-17-23-33-58)74(82(94)106)112-59-34-24-18-25-35-59/h16-18,20-25,30-35,39-42,49-54,60-63,67-72,98H,15,19,26-29,36-38,43-48H2,1-14H3,(H2,84,95)(H,85,99)(H,86,101)(H,87,96)(H,88,100)(H,89,102)/t52-,53+,54+,60-,61-,62-,63+,67-,68-,69-,70-,71+,72+/m0/s1. The van der Waals surface area contributed by atoms with Gasteiger partial charge in [-0.3, -0.25) is 62.5 Å². The first-order chi connectivity index (χ1) is 53.3.